The summed E-state index contributed by atoms with van der Waals surface area (Å²) < 4.78 is 1.99. The van der Waals surface area contributed by atoms with Crippen LogP contribution in [-0.4, -0.2) is 44.4 Å². The van der Waals surface area contributed by atoms with Gasteiger partial charge in [0.05, 0.1) is 18.1 Å². The lowest BCUT2D eigenvalue weighted by molar-refractivity contribution is -0.137. The predicted molar refractivity (Wildman–Crippen MR) is 75.1 cm³/mol. The zero-order chi connectivity index (χ0) is 14.0. The van der Waals surface area contributed by atoms with Crippen LogP contribution in [-0.2, 0) is 4.79 Å². The Bertz CT molecular complexity index is 444. The fraction of sp³-hybridized carbons (Fsp3) is 0.733. The van der Waals surface area contributed by atoms with Crippen LogP contribution in [0.1, 0.15) is 51.0 Å². The maximum absolute atomic E-state index is 12.3. The molecule has 2 fully saturated rings. The molecule has 1 aliphatic carbocycles. The number of carbonyl (C=O) groups excluding carboxylic acids is 1. The van der Waals surface area contributed by atoms with Crippen molar-refractivity contribution in [2.24, 2.45) is 0 Å². The van der Waals surface area contributed by atoms with Crippen molar-refractivity contribution in [2.75, 3.05) is 13.1 Å². The van der Waals surface area contributed by atoms with Crippen molar-refractivity contribution in [1.82, 2.24) is 14.7 Å². The fourth-order valence-electron chi connectivity index (χ4n) is 3.48. The van der Waals surface area contributed by atoms with Crippen molar-refractivity contribution >= 4 is 5.91 Å². The summed E-state index contributed by atoms with van der Waals surface area (Å²) in [6, 6.07) is 2.34. The molecule has 5 nitrogen and oxygen atoms in total. The number of nitrogens with zero attached hydrogens (tertiary/aromatic N) is 3. The first-order valence-corrected chi connectivity index (χ1v) is 7.66. The molecule has 20 heavy (non-hydrogen) atoms. The van der Waals surface area contributed by atoms with Crippen molar-refractivity contribution in [3.05, 3.63) is 18.5 Å². The molecule has 1 aromatic heterocycles. The first kappa shape index (κ1) is 13.6. The van der Waals surface area contributed by atoms with E-state index >= 15 is 0 Å². The minimum atomic E-state index is -0.726. The van der Waals surface area contributed by atoms with Gasteiger partial charge in [0.1, 0.15) is 0 Å². The molecule has 0 radical (unpaired) electrons. The number of aliphatic hydroxyl groups is 1. The molecular weight excluding hydrogens is 254 g/mol. The van der Waals surface area contributed by atoms with Crippen LogP contribution in [0.5, 0.6) is 0 Å². The number of likely N-dealkylation sites (tertiary alicyclic amines) is 1. The van der Waals surface area contributed by atoms with Gasteiger partial charge in [0, 0.05) is 25.5 Å². The van der Waals surface area contributed by atoms with Crippen molar-refractivity contribution in [2.45, 2.75) is 56.6 Å². The van der Waals surface area contributed by atoms with E-state index in [0.29, 0.717) is 12.5 Å². The number of aromatic nitrogens is 2. The Morgan fingerprint density at radius 3 is 2.60 bits per heavy atom. The van der Waals surface area contributed by atoms with Crippen LogP contribution in [0.4, 0.5) is 0 Å². The minimum Gasteiger partial charge on any atom is -0.389 e. The van der Waals surface area contributed by atoms with E-state index in [9.17, 15) is 9.90 Å². The fourth-order valence-corrected chi connectivity index (χ4v) is 3.48. The standard InChI is InChI=1S/C15H23N3O2/c19-14(12-15(20)6-1-2-7-15)17-10-4-13(5-11-17)18-9-3-8-16-18/h3,8-9,13,20H,1-2,4-7,10-12H2. The van der Waals surface area contributed by atoms with Crippen molar-refractivity contribution < 1.29 is 9.90 Å². The zero-order valence-electron chi connectivity index (χ0n) is 11.9. The summed E-state index contributed by atoms with van der Waals surface area (Å²) in [5.41, 5.74) is -0.726. The van der Waals surface area contributed by atoms with E-state index in [1.54, 1.807) is 6.20 Å². The van der Waals surface area contributed by atoms with Crippen LogP contribution in [0.25, 0.3) is 0 Å². The van der Waals surface area contributed by atoms with Crippen LogP contribution in [0, 0.1) is 0 Å². The molecule has 1 saturated heterocycles. The van der Waals surface area contributed by atoms with Gasteiger partial charge < -0.3 is 10.0 Å². The summed E-state index contributed by atoms with van der Waals surface area (Å²) in [4.78, 5) is 14.2. The van der Waals surface area contributed by atoms with Gasteiger partial charge in [0.15, 0.2) is 0 Å². The lowest BCUT2D eigenvalue weighted by atomic mass is 9.96. The molecule has 0 spiro atoms. The number of amides is 1. The van der Waals surface area contributed by atoms with Gasteiger partial charge >= 0.3 is 0 Å². The van der Waals surface area contributed by atoms with Crippen LogP contribution < -0.4 is 0 Å². The Kier molecular flexibility index (Phi) is 3.78. The first-order valence-electron chi connectivity index (χ1n) is 7.66. The highest BCUT2D eigenvalue weighted by atomic mass is 16.3. The highest BCUT2D eigenvalue weighted by Gasteiger charge is 2.35. The molecular formula is C15H23N3O2. The molecule has 0 aromatic carbocycles. The summed E-state index contributed by atoms with van der Waals surface area (Å²) in [5.74, 6) is 0.119. The smallest absolute Gasteiger partial charge is 0.225 e. The lowest BCUT2D eigenvalue weighted by Crippen LogP contribution is -2.42. The molecule has 1 aromatic rings. The minimum absolute atomic E-state index is 0.119. The number of hydrogen-bond donors (Lipinski definition) is 1. The zero-order valence-corrected chi connectivity index (χ0v) is 11.9. The molecule has 110 valence electrons. The molecule has 1 N–H and O–H groups in total. The quantitative estimate of drug-likeness (QED) is 0.915. The predicted octanol–water partition coefficient (Wildman–Crippen LogP) is 1.74. The summed E-state index contributed by atoms with van der Waals surface area (Å²) in [6.45, 7) is 1.55. The van der Waals surface area contributed by atoms with Gasteiger partial charge in [-0.05, 0) is 31.7 Å². The van der Waals surface area contributed by atoms with E-state index in [0.717, 1.165) is 51.6 Å². The molecule has 0 bridgehead atoms. The van der Waals surface area contributed by atoms with Gasteiger partial charge in [-0.2, -0.15) is 5.10 Å². The van der Waals surface area contributed by atoms with Crippen LogP contribution in [0.2, 0.25) is 0 Å². The van der Waals surface area contributed by atoms with E-state index in [4.69, 9.17) is 0 Å². The Morgan fingerprint density at radius 1 is 1.30 bits per heavy atom. The maximum atomic E-state index is 12.3. The Hall–Kier alpha value is -1.36. The van der Waals surface area contributed by atoms with Gasteiger partial charge in [-0.15, -0.1) is 0 Å². The maximum Gasteiger partial charge on any atom is 0.225 e. The third-order valence-electron chi connectivity index (χ3n) is 4.73. The Balaban J connectivity index is 1.51. The molecule has 0 unspecified atom stereocenters. The average Bonchev–Trinajstić information content (AvgIpc) is 3.10. The number of hydrogen-bond acceptors (Lipinski definition) is 3. The summed E-state index contributed by atoms with van der Waals surface area (Å²) in [6.07, 6.45) is 9.65. The Morgan fingerprint density at radius 2 is 2.00 bits per heavy atom. The summed E-state index contributed by atoms with van der Waals surface area (Å²) >= 11 is 0. The normalized spacial score (nSPS) is 23.1. The second kappa shape index (κ2) is 5.56. The van der Waals surface area contributed by atoms with Crippen molar-refractivity contribution in [3.8, 4) is 0 Å². The first-order chi connectivity index (χ1) is 9.66. The highest BCUT2D eigenvalue weighted by Crippen LogP contribution is 2.33. The van der Waals surface area contributed by atoms with E-state index < -0.39 is 5.60 Å². The molecule has 2 heterocycles. The van der Waals surface area contributed by atoms with Gasteiger partial charge in [0.25, 0.3) is 0 Å². The van der Waals surface area contributed by atoms with Crippen LogP contribution >= 0.6 is 0 Å². The Labute approximate surface area is 119 Å². The summed E-state index contributed by atoms with van der Waals surface area (Å²) in [5, 5.41) is 14.6. The second-order valence-corrected chi connectivity index (χ2v) is 6.21. The molecule has 1 amide bonds. The third kappa shape index (κ3) is 2.87. The van der Waals surface area contributed by atoms with E-state index in [-0.39, 0.29) is 5.91 Å². The van der Waals surface area contributed by atoms with Crippen LogP contribution in [0.3, 0.4) is 0 Å². The van der Waals surface area contributed by atoms with E-state index in [1.165, 1.54) is 0 Å². The second-order valence-electron chi connectivity index (χ2n) is 6.21. The molecule has 1 saturated carbocycles. The van der Waals surface area contributed by atoms with Gasteiger partial charge in [-0.1, -0.05) is 12.8 Å². The van der Waals surface area contributed by atoms with E-state index in [2.05, 4.69) is 5.10 Å². The molecule has 1 aliphatic heterocycles. The number of rotatable bonds is 3. The molecule has 0 atom stereocenters. The van der Waals surface area contributed by atoms with Crippen LogP contribution in [0.15, 0.2) is 18.5 Å². The topological polar surface area (TPSA) is 58.4 Å². The van der Waals surface area contributed by atoms with Crippen molar-refractivity contribution in [3.63, 3.8) is 0 Å². The monoisotopic (exact) mass is 277 g/mol. The molecule has 2 aliphatic rings. The highest BCUT2D eigenvalue weighted by molar-refractivity contribution is 5.77. The van der Waals surface area contributed by atoms with Gasteiger partial charge in [0.2, 0.25) is 5.91 Å². The van der Waals surface area contributed by atoms with E-state index in [1.807, 2.05) is 21.8 Å². The number of piperidine rings is 1. The average molecular weight is 277 g/mol. The molecule has 5 heteroatoms. The SMILES string of the molecule is O=C(CC1(O)CCCC1)N1CCC(n2cccn2)CC1. The molecule has 3 rings (SSSR count). The third-order valence-corrected chi connectivity index (χ3v) is 4.73. The van der Waals surface area contributed by atoms with Crippen molar-refractivity contribution in [1.29, 1.82) is 0 Å². The van der Waals surface area contributed by atoms with Gasteiger partial charge in [-0.25, -0.2) is 0 Å². The summed E-state index contributed by atoms with van der Waals surface area (Å²) in [7, 11) is 0. The largest absolute Gasteiger partial charge is 0.389 e. The number of carbonyl (C=O) groups is 1. The van der Waals surface area contributed by atoms with Gasteiger partial charge in [-0.3, -0.25) is 9.48 Å². The lowest BCUT2D eigenvalue weighted by Gasteiger charge is -2.34.